The van der Waals surface area contributed by atoms with Crippen LogP contribution in [-0.4, -0.2) is 18.3 Å². The Hall–Kier alpha value is -2.87. The monoisotopic (exact) mass is 377 g/mol. The number of rotatable bonds is 5. The Morgan fingerprint density at radius 3 is 2.73 bits per heavy atom. The van der Waals surface area contributed by atoms with Crippen LogP contribution in [0.4, 0.5) is 18.3 Å². The maximum atomic E-state index is 12.9. The van der Waals surface area contributed by atoms with E-state index in [4.69, 9.17) is 4.74 Å². The van der Waals surface area contributed by atoms with Gasteiger partial charge in [-0.1, -0.05) is 30.3 Å². The molecule has 0 spiro atoms. The molecule has 0 saturated carbocycles. The Morgan fingerprint density at radius 1 is 1.15 bits per heavy atom. The molecule has 4 nitrogen and oxygen atoms in total. The van der Waals surface area contributed by atoms with Crippen LogP contribution in [-0.2, 0) is 6.18 Å². The van der Waals surface area contributed by atoms with Crippen molar-refractivity contribution >= 4 is 22.7 Å². The zero-order chi connectivity index (χ0) is 18.6. The molecular formula is C18H14F3N3OS. The molecule has 0 radical (unpaired) electrons. The molecule has 0 amide bonds. The Kier molecular flexibility index (Phi) is 5.22. The van der Waals surface area contributed by atoms with Gasteiger partial charge < -0.3 is 4.74 Å². The zero-order valence-corrected chi connectivity index (χ0v) is 14.4. The van der Waals surface area contributed by atoms with Crippen molar-refractivity contribution in [2.75, 3.05) is 12.5 Å². The number of benzene rings is 2. The third kappa shape index (κ3) is 4.20. The predicted octanol–water partition coefficient (Wildman–Crippen LogP) is 5.28. The number of hydrogen-bond acceptors (Lipinski definition) is 5. The number of nitrogens with zero attached hydrogens (tertiary/aromatic N) is 2. The lowest BCUT2D eigenvalue weighted by Crippen LogP contribution is -2.08. The second-order valence-electron chi connectivity index (χ2n) is 5.22. The Balaban J connectivity index is 1.74. The van der Waals surface area contributed by atoms with Crippen molar-refractivity contribution in [3.05, 3.63) is 65.0 Å². The average molecular weight is 377 g/mol. The lowest BCUT2D eigenvalue weighted by Gasteiger charge is -2.08. The highest BCUT2D eigenvalue weighted by atomic mass is 32.1. The minimum absolute atomic E-state index is 0.0166. The van der Waals surface area contributed by atoms with Crippen LogP contribution in [0.15, 0.2) is 59.0 Å². The molecule has 8 heteroatoms. The van der Waals surface area contributed by atoms with Crippen LogP contribution in [0.5, 0.6) is 5.75 Å². The van der Waals surface area contributed by atoms with E-state index in [1.807, 2.05) is 29.6 Å². The first-order valence-corrected chi connectivity index (χ1v) is 8.40. The van der Waals surface area contributed by atoms with E-state index in [0.717, 1.165) is 23.5 Å². The number of aromatic nitrogens is 1. The number of ether oxygens (including phenoxy) is 1. The minimum Gasteiger partial charge on any atom is -0.497 e. The molecule has 0 fully saturated rings. The van der Waals surface area contributed by atoms with E-state index >= 15 is 0 Å². The van der Waals surface area contributed by atoms with E-state index in [-0.39, 0.29) is 5.56 Å². The summed E-state index contributed by atoms with van der Waals surface area (Å²) in [6.45, 7) is 0. The number of thiazole rings is 1. The molecule has 26 heavy (non-hydrogen) atoms. The molecule has 0 aliphatic rings. The van der Waals surface area contributed by atoms with Crippen LogP contribution in [0.25, 0.3) is 11.3 Å². The molecule has 134 valence electrons. The van der Waals surface area contributed by atoms with Crippen molar-refractivity contribution in [3.8, 4) is 17.0 Å². The SMILES string of the molecule is COc1cccc(-c2csc(N/N=C\c3ccccc3C(F)(F)F)n2)c1. The molecule has 0 aliphatic carbocycles. The smallest absolute Gasteiger partial charge is 0.417 e. The average Bonchev–Trinajstić information content (AvgIpc) is 3.10. The molecular weight excluding hydrogens is 363 g/mol. The van der Waals surface area contributed by atoms with E-state index in [0.29, 0.717) is 10.9 Å². The van der Waals surface area contributed by atoms with Gasteiger partial charge in [0.2, 0.25) is 5.13 Å². The standard InChI is InChI=1S/C18H14F3N3OS/c1-25-14-7-4-6-12(9-14)16-11-26-17(23-16)24-22-10-13-5-2-3-8-15(13)18(19,20)21/h2-11H,1H3,(H,23,24)/b22-10-. The summed E-state index contributed by atoms with van der Waals surface area (Å²) in [7, 11) is 1.58. The highest BCUT2D eigenvalue weighted by molar-refractivity contribution is 7.14. The fourth-order valence-corrected chi connectivity index (χ4v) is 2.93. The number of nitrogens with one attached hydrogen (secondary N) is 1. The number of alkyl halides is 3. The highest BCUT2D eigenvalue weighted by Crippen LogP contribution is 2.31. The maximum absolute atomic E-state index is 12.9. The topological polar surface area (TPSA) is 46.5 Å². The van der Waals surface area contributed by atoms with Gasteiger partial charge in [-0.25, -0.2) is 4.98 Å². The lowest BCUT2D eigenvalue weighted by atomic mass is 10.1. The summed E-state index contributed by atoms with van der Waals surface area (Å²) < 4.78 is 44.0. The second kappa shape index (κ2) is 7.57. The van der Waals surface area contributed by atoms with Gasteiger partial charge in [0.1, 0.15) is 5.75 Å². The summed E-state index contributed by atoms with van der Waals surface area (Å²) in [4.78, 5) is 4.37. The first kappa shape index (κ1) is 17.9. The van der Waals surface area contributed by atoms with Gasteiger partial charge in [-0.05, 0) is 18.2 Å². The molecule has 2 aromatic carbocycles. The third-order valence-electron chi connectivity index (χ3n) is 3.50. The summed E-state index contributed by atoms with van der Waals surface area (Å²) in [6.07, 6.45) is -3.29. The lowest BCUT2D eigenvalue weighted by molar-refractivity contribution is -0.137. The van der Waals surface area contributed by atoms with E-state index in [1.165, 1.54) is 29.5 Å². The largest absolute Gasteiger partial charge is 0.497 e. The predicted molar refractivity (Wildman–Crippen MR) is 96.8 cm³/mol. The van der Waals surface area contributed by atoms with Crippen molar-refractivity contribution in [2.24, 2.45) is 5.10 Å². The van der Waals surface area contributed by atoms with Crippen LogP contribution in [0.2, 0.25) is 0 Å². The van der Waals surface area contributed by atoms with Gasteiger partial charge in [-0.3, -0.25) is 5.43 Å². The molecule has 1 heterocycles. The normalized spacial score (nSPS) is 11.7. The summed E-state index contributed by atoms with van der Waals surface area (Å²) in [6, 6.07) is 12.7. The highest BCUT2D eigenvalue weighted by Gasteiger charge is 2.32. The van der Waals surface area contributed by atoms with Gasteiger partial charge in [0, 0.05) is 16.5 Å². The van der Waals surface area contributed by atoms with Crippen LogP contribution >= 0.6 is 11.3 Å². The number of anilines is 1. The Morgan fingerprint density at radius 2 is 1.96 bits per heavy atom. The van der Waals surface area contributed by atoms with Gasteiger partial charge in [-0.15, -0.1) is 11.3 Å². The Labute approximate surface area is 152 Å². The van der Waals surface area contributed by atoms with E-state index in [2.05, 4.69) is 15.5 Å². The molecule has 1 N–H and O–H groups in total. The van der Waals surface area contributed by atoms with E-state index in [1.54, 1.807) is 7.11 Å². The molecule has 3 aromatic rings. The maximum Gasteiger partial charge on any atom is 0.417 e. The third-order valence-corrected chi connectivity index (χ3v) is 4.25. The van der Waals surface area contributed by atoms with Gasteiger partial charge in [0.05, 0.1) is 24.6 Å². The molecule has 0 saturated heterocycles. The zero-order valence-electron chi connectivity index (χ0n) is 13.6. The fraction of sp³-hybridized carbons (Fsp3) is 0.111. The summed E-state index contributed by atoms with van der Waals surface area (Å²) in [5, 5.41) is 6.18. The van der Waals surface area contributed by atoms with Crippen molar-refractivity contribution in [1.29, 1.82) is 0 Å². The number of hydrogen-bond donors (Lipinski definition) is 1. The second-order valence-corrected chi connectivity index (χ2v) is 6.08. The van der Waals surface area contributed by atoms with E-state index in [9.17, 15) is 13.2 Å². The van der Waals surface area contributed by atoms with Gasteiger partial charge in [-0.2, -0.15) is 18.3 Å². The van der Waals surface area contributed by atoms with Gasteiger partial charge in [0.25, 0.3) is 0 Å². The molecule has 0 atom stereocenters. The summed E-state index contributed by atoms with van der Waals surface area (Å²) in [5.41, 5.74) is 3.52. The van der Waals surface area contributed by atoms with Crippen LogP contribution in [0, 0.1) is 0 Å². The molecule has 0 unspecified atom stereocenters. The van der Waals surface area contributed by atoms with Crippen LogP contribution in [0.1, 0.15) is 11.1 Å². The quantitative estimate of drug-likeness (QED) is 0.486. The molecule has 3 rings (SSSR count). The fourth-order valence-electron chi connectivity index (χ4n) is 2.26. The molecule has 0 aliphatic heterocycles. The minimum atomic E-state index is -4.43. The summed E-state index contributed by atoms with van der Waals surface area (Å²) in [5.74, 6) is 0.715. The van der Waals surface area contributed by atoms with Crippen molar-refractivity contribution in [1.82, 2.24) is 4.98 Å². The van der Waals surface area contributed by atoms with Crippen LogP contribution in [0.3, 0.4) is 0 Å². The van der Waals surface area contributed by atoms with Gasteiger partial charge in [0.15, 0.2) is 0 Å². The van der Waals surface area contributed by atoms with Crippen molar-refractivity contribution < 1.29 is 17.9 Å². The van der Waals surface area contributed by atoms with Gasteiger partial charge >= 0.3 is 6.18 Å². The first-order chi connectivity index (χ1) is 12.5. The first-order valence-electron chi connectivity index (χ1n) is 7.52. The molecule has 1 aromatic heterocycles. The number of halogens is 3. The van der Waals surface area contributed by atoms with Crippen molar-refractivity contribution in [3.63, 3.8) is 0 Å². The number of hydrazone groups is 1. The molecule has 0 bridgehead atoms. The summed E-state index contributed by atoms with van der Waals surface area (Å²) >= 11 is 1.30. The van der Waals surface area contributed by atoms with Crippen LogP contribution < -0.4 is 10.2 Å². The van der Waals surface area contributed by atoms with Crippen molar-refractivity contribution in [2.45, 2.75) is 6.18 Å². The Bertz CT molecular complexity index is 922. The number of methoxy groups -OCH3 is 1. The van der Waals surface area contributed by atoms with E-state index < -0.39 is 11.7 Å².